The van der Waals surface area contributed by atoms with Crippen LogP contribution in [0.4, 0.5) is 4.39 Å². The number of aliphatic hydroxyl groups excluding tert-OH is 1. The molecule has 18 heavy (non-hydrogen) atoms. The minimum Gasteiger partial charge on any atom is -0.486 e. The Bertz CT molecular complexity index is 538. The number of aliphatic hydroxyl groups is 1. The molecule has 0 saturated heterocycles. The smallest absolute Gasteiger partial charge is 0.165 e. The summed E-state index contributed by atoms with van der Waals surface area (Å²) in [5, 5.41) is 13.3. The molecule has 4 nitrogen and oxygen atoms in total. The van der Waals surface area contributed by atoms with Crippen LogP contribution in [0.2, 0.25) is 0 Å². The van der Waals surface area contributed by atoms with E-state index in [2.05, 4.69) is 5.10 Å². The summed E-state index contributed by atoms with van der Waals surface area (Å²) in [6.07, 6.45) is 2.79. The van der Waals surface area contributed by atoms with Gasteiger partial charge in [-0.3, -0.25) is 4.68 Å². The Labute approximate surface area is 105 Å². The molecule has 0 fully saturated rings. The van der Waals surface area contributed by atoms with Crippen molar-refractivity contribution in [1.29, 1.82) is 0 Å². The van der Waals surface area contributed by atoms with Gasteiger partial charge in [0, 0.05) is 18.8 Å². The molecule has 0 amide bonds. The Morgan fingerprint density at radius 2 is 2.28 bits per heavy atom. The van der Waals surface area contributed by atoms with Crippen molar-refractivity contribution in [1.82, 2.24) is 9.78 Å². The van der Waals surface area contributed by atoms with E-state index in [9.17, 15) is 9.50 Å². The molecule has 0 aliphatic carbocycles. The Morgan fingerprint density at radius 3 is 2.83 bits per heavy atom. The lowest BCUT2D eigenvalue weighted by molar-refractivity contribution is 0.198. The summed E-state index contributed by atoms with van der Waals surface area (Å²) in [5.74, 6) is -0.305. The van der Waals surface area contributed by atoms with E-state index in [1.165, 1.54) is 12.1 Å². The van der Waals surface area contributed by atoms with Gasteiger partial charge in [-0.15, -0.1) is 0 Å². The first kappa shape index (κ1) is 12.6. The van der Waals surface area contributed by atoms with E-state index in [4.69, 9.17) is 4.74 Å². The van der Waals surface area contributed by atoms with Gasteiger partial charge in [-0.2, -0.15) is 5.10 Å². The molecule has 1 aromatic heterocycles. The molecule has 0 radical (unpaired) electrons. The third kappa shape index (κ3) is 2.87. The summed E-state index contributed by atoms with van der Waals surface area (Å²) >= 11 is 0. The van der Waals surface area contributed by atoms with E-state index in [1.807, 2.05) is 13.2 Å². The number of aromatic nitrogens is 2. The first-order valence-corrected chi connectivity index (χ1v) is 5.64. The van der Waals surface area contributed by atoms with E-state index < -0.39 is 11.9 Å². The summed E-state index contributed by atoms with van der Waals surface area (Å²) in [4.78, 5) is 0. The Hall–Kier alpha value is -1.88. The van der Waals surface area contributed by atoms with Crippen molar-refractivity contribution in [2.24, 2.45) is 7.05 Å². The SMILES string of the molecule is CC(O)c1ccc(OCc2cnn(C)c2)c(F)c1. The molecule has 1 unspecified atom stereocenters. The Morgan fingerprint density at radius 1 is 1.50 bits per heavy atom. The topological polar surface area (TPSA) is 47.3 Å². The summed E-state index contributed by atoms with van der Waals surface area (Å²) < 4.78 is 20.7. The van der Waals surface area contributed by atoms with Crippen molar-refractivity contribution in [3.05, 3.63) is 47.5 Å². The number of ether oxygens (including phenoxy) is 1. The van der Waals surface area contributed by atoms with Gasteiger partial charge < -0.3 is 9.84 Å². The van der Waals surface area contributed by atoms with E-state index >= 15 is 0 Å². The maximum atomic E-state index is 13.7. The van der Waals surface area contributed by atoms with Crippen LogP contribution in [0.3, 0.4) is 0 Å². The van der Waals surface area contributed by atoms with Gasteiger partial charge in [0.15, 0.2) is 11.6 Å². The van der Waals surface area contributed by atoms with Gasteiger partial charge in [-0.1, -0.05) is 6.07 Å². The monoisotopic (exact) mass is 250 g/mol. The standard InChI is InChI=1S/C13H15FN2O2/c1-9(17)11-3-4-13(12(14)5-11)18-8-10-6-15-16(2)7-10/h3-7,9,17H,8H2,1-2H3. The molecule has 5 heteroatoms. The zero-order valence-electron chi connectivity index (χ0n) is 10.3. The summed E-state index contributed by atoms with van der Waals surface area (Å²) in [6.45, 7) is 1.85. The molecule has 1 N–H and O–H groups in total. The average molecular weight is 250 g/mol. The van der Waals surface area contributed by atoms with Crippen LogP contribution in [-0.4, -0.2) is 14.9 Å². The zero-order valence-corrected chi connectivity index (χ0v) is 10.3. The highest BCUT2D eigenvalue weighted by Crippen LogP contribution is 2.22. The Kier molecular flexibility index (Phi) is 3.62. The van der Waals surface area contributed by atoms with Crippen LogP contribution in [-0.2, 0) is 13.7 Å². The van der Waals surface area contributed by atoms with Crippen molar-refractivity contribution in [2.45, 2.75) is 19.6 Å². The van der Waals surface area contributed by atoms with E-state index in [0.29, 0.717) is 5.56 Å². The second-order valence-electron chi connectivity index (χ2n) is 4.18. The quantitative estimate of drug-likeness (QED) is 0.904. The normalized spacial score (nSPS) is 12.4. The number of hydrogen-bond donors (Lipinski definition) is 1. The number of rotatable bonds is 4. The van der Waals surface area contributed by atoms with Crippen LogP contribution in [0.1, 0.15) is 24.2 Å². The van der Waals surface area contributed by atoms with Gasteiger partial charge in [0.2, 0.25) is 0 Å². The molecule has 96 valence electrons. The van der Waals surface area contributed by atoms with Gasteiger partial charge in [-0.05, 0) is 24.6 Å². The Balaban J connectivity index is 2.05. The van der Waals surface area contributed by atoms with Crippen LogP contribution in [0.15, 0.2) is 30.6 Å². The molecule has 2 aromatic rings. The maximum Gasteiger partial charge on any atom is 0.165 e. The first-order chi connectivity index (χ1) is 8.56. The molecule has 1 atom stereocenters. The lowest BCUT2D eigenvalue weighted by atomic mass is 10.1. The van der Waals surface area contributed by atoms with Crippen molar-refractivity contribution in [3.63, 3.8) is 0 Å². The van der Waals surface area contributed by atoms with Crippen LogP contribution in [0, 0.1) is 5.82 Å². The van der Waals surface area contributed by atoms with Gasteiger partial charge in [-0.25, -0.2) is 4.39 Å². The molecular weight excluding hydrogens is 235 g/mol. The molecule has 0 bridgehead atoms. The minimum absolute atomic E-state index is 0.170. The highest BCUT2D eigenvalue weighted by molar-refractivity contribution is 5.30. The summed E-state index contributed by atoms with van der Waals surface area (Å²) in [7, 11) is 1.81. The van der Waals surface area contributed by atoms with E-state index in [0.717, 1.165) is 5.56 Å². The van der Waals surface area contributed by atoms with Crippen LogP contribution < -0.4 is 4.74 Å². The largest absolute Gasteiger partial charge is 0.486 e. The minimum atomic E-state index is -0.688. The van der Waals surface area contributed by atoms with Gasteiger partial charge >= 0.3 is 0 Å². The molecule has 1 heterocycles. The highest BCUT2D eigenvalue weighted by Gasteiger charge is 2.08. The second kappa shape index (κ2) is 5.18. The van der Waals surface area contributed by atoms with E-state index in [1.54, 1.807) is 23.9 Å². The van der Waals surface area contributed by atoms with Crippen molar-refractivity contribution < 1.29 is 14.2 Å². The molecule has 0 saturated carbocycles. The van der Waals surface area contributed by atoms with Gasteiger partial charge in [0.1, 0.15) is 6.61 Å². The van der Waals surface area contributed by atoms with Crippen LogP contribution >= 0.6 is 0 Å². The van der Waals surface area contributed by atoms with Crippen molar-refractivity contribution in [3.8, 4) is 5.75 Å². The fourth-order valence-electron chi connectivity index (χ4n) is 1.60. The third-order valence-electron chi connectivity index (χ3n) is 2.59. The summed E-state index contributed by atoms with van der Waals surface area (Å²) in [6, 6.07) is 4.45. The third-order valence-corrected chi connectivity index (χ3v) is 2.59. The van der Waals surface area contributed by atoms with Gasteiger partial charge in [0.25, 0.3) is 0 Å². The molecule has 0 aliphatic heterocycles. The molecular formula is C13H15FN2O2. The van der Waals surface area contributed by atoms with Crippen LogP contribution in [0.25, 0.3) is 0 Å². The average Bonchev–Trinajstić information content (AvgIpc) is 2.73. The number of hydrogen-bond acceptors (Lipinski definition) is 3. The fraction of sp³-hybridized carbons (Fsp3) is 0.308. The van der Waals surface area contributed by atoms with Gasteiger partial charge in [0.05, 0.1) is 12.3 Å². The molecule has 2 rings (SSSR count). The molecule has 1 aromatic carbocycles. The van der Waals surface area contributed by atoms with Crippen molar-refractivity contribution in [2.75, 3.05) is 0 Å². The lowest BCUT2D eigenvalue weighted by Gasteiger charge is -2.09. The predicted molar refractivity (Wildman–Crippen MR) is 64.6 cm³/mol. The molecule has 0 aliphatic rings. The first-order valence-electron chi connectivity index (χ1n) is 5.64. The lowest BCUT2D eigenvalue weighted by Crippen LogP contribution is -1.98. The number of halogens is 1. The predicted octanol–water partition coefficient (Wildman–Crippen LogP) is 2.19. The second-order valence-corrected chi connectivity index (χ2v) is 4.18. The van der Waals surface area contributed by atoms with Crippen molar-refractivity contribution >= 4 is 0 Å². The van der Waals surface area contributed by atoms with E-state index in [-0.39, 0.29) is 12.4 Å². The fourth-order valence-corrected chi connectivity index (χ4v) is 1.60. The zero-order chi connectivity index (χ0) is 13.1. The number of benzene rings is 1. The summed E-state index contributed by atoms with van der Waals surface area (Å²) in [5.41, 5.74) is 1.40. The number of nitrogens with zero attached hydrogens (tertiary/aromatic N) is 2. The molecule has 0 spiro atoms. The highest BCUT2D eigenvalue weighted by atomic mass is 19.1. The maximum absolute atomic E-state index is 13.7. The van der Waals surface area contributed by atoms with Crippen LogP contribution in [0.5, 0.6) is 5.75 Å². The number of aryl methyl sites for hydroxylation is 1.